The molecule has 1 saturated heterocycles. The number of ether oxygens (including phenoxy) is 1. The highest BCUT2D eigenvalue weighted by Gasteiger charge is 2.25. The number of nitrogens with zero attached hydrogens (tertiary/aromatic N) is 3. The van der Waals surface area contributed by atoms with Gasteiger partial charge in [0.1, 0.15) is 5.82 Å². The van der Waals surface area contributed by atoms with E-state index in [0.29, 0.717) is 35.5 Å². The summed E-state index contributed by atoms with van der Waals surface area (Å²) in [5.41, 5.74) is 0.647. The minimum absolute atomic E-state index is 0.0601. The van der Waals surface area contributed by atoms with Gasteiger partial charge in [-0.25, -0.2) is 8.42 Å². The van der Waals surface area contributed by atoms with Gasteiger partial charge in [-0.2, -0.15) is 9.29 Å². The molecule has 0 saturated carbocycles. The van der Waals surface area contributed by atoms with Crippen LogP contribution in [0.2, 0.25) is 0 Å². The molecule has 1 aliphatic heterocycles. The topological polar surface area (TPSA) is 128 Å². The zero-order valence-electron chi connectivity index (χ0n) is 20.7. The molecule has 4 rings (SSSR count). The number of nitrogens with one attached hydrogen (secondary N) is 1. The van der Waals surface area contributed by atoms with Crippen molar-refractivity contribution in [3.63, 3.8) is 0 Å². The largest absolute Gasteiger partial charge is 0.456 e. The number of benzene rings is 2. The summed E-state index contributed by atoms with van der Waals surface area (Å²) in [6.45, 7) is 0.446. The lowest BCUT2D eigenvalue weighted by atomic mass is 10.2. The number of amides is 1. The second kappa shape index (κ2) is 11.7. The van der Waals surface area contributed by atoms with Crippen LogP contribution in [0.3, 0.4) is 0 Å². The number of carbonyl (C=O) groups excluding carboxylic acids is 2. The van der Waals surface area contributed by atoms with Gasteiger partial charge in [-0.3, -0.25) is 14.4 Å². The molecule has 0 unspecified atom stereocenters. The van der Waals surface area contributed by atoms with Gasteiger partial charge in [0.25, 0.3) is 11.5 Å². The third kappa shape index (κ3) is 6.41. The number of fused-ring (bicyclic) bond motifs is 1. The van der Waals surface area contributed by atoms with Crippen LogP contribution in [-0.2, 0) is 37.8 Å². The van der Waals surface area contributed by atoms with Gasteiger partial charge >= 0.3 is 5.97 Å². The fourth-order valence-corrected chi connectivity index (χ4v) is 5.92. The number of anilines is 1. The number of rotatable bonds is 8. The molecule has 2 heterocycles. The van der Waals surface area contributed by atoms with E-state index >= 15 is 0 Å². The second-order valence-electron chi connectivity index (χ2n) is 8.96. The summed E-state index contributed by atoms with van der Waals surface area (Å²) < 4.78 is 34.3. The highest BCUT2D eigenvalue weighted by Crippen LogP contribution is 2.22. The maximum atomic E-state index is 13.0. The summed E-state index contributed by atoms with van der Waals surface area (Å²) in [5, 5.41) is 3.08. The Morgan fingerprint density at radius 1 is 1.03 bits per heavy atom. The summed E-state index contributed by atoms with van der Waals surface area (Å²) in [6, 6.07) is 13.1. The van der Waals surface area contributed by atoms with Crippen molar-refractivity contribution in [2.45, 2.75) is 43.4 Å². The molecular weight excluding hydrogens is 496 g/mol. The fourth-order valence-electron chi connectivity index (χ4n) is 4.36. The lowest BCUT2D eigenvalue weighted by molar-refractivity contribution is -0.147. The Labute approximate surface area is 215 Å². The van der Waals surface area contributed by atoms with Crippen molar-refractivity contribution in [1.29, 1.82) is 0 Å². The van der Waals surface area contributed by atoms with Crippen molar-refractivity contribution >= 4 is 38.5 Å². The van der Waals surface area contributed by atoms with E-state index in [4.69, 9.17) is 4.74 Å². The summed E-state index contributed by atoms with van der Waals surface area (Å²) in [4.78, 5) is 41.0. The molecule has 1 amide bonds. The van der Waals surface area contributed by atoms with Gasteiger partial charge in [0, 0.05) is 32.2 Å². The average molecular weight is 527 g/mol. The molecule has 196 valence electrons. The van der Waals surface area contributed by atoms with E-state index < -0.39 is 28.5 Å². The zero-order valence-corrected chi connectivity index (χ0v) is 21.5. The molecule has 1 aliphatic rings. The molecule has 1 N–H and O–H groups in total. The molecule has 2 aromatic carbocycles. The van der Waals surface area contributed by atoms with E-state index in [9.17, 15) is 22.8 Å². The first-order valence-corrected chi connectivity index (χ1v) is 13.7. The molecule has 0 radical (unpaired) electrons. The molecule has 0 atom stereocenters. The standard InChI is InChI=1S/C26H30N4O6S/c1-29-22-12-5-4-11-21(22)26(33)28-23(29)13-14-25(32)36-18-24(31)27-19-9-8-10-20(17-19)37(34,35)30-15-6-2-3-7-16-30/h4-5,8-12,17H,2-3,6-7,13-16,18H2,1H3,(H,27,31). The van der Waals surface area contributed by atoms with Crippen molar-refractivity contribution in [2.75, 3.05) is 25.0 Å². The summed E-state index contributed by atoms with van der Waals surface area (Å²) in [6.07, 6.45) is 3.79. The predicted octanol–water partition coefficient (Wildman–Crippen LogP) is 2.61. The Hall–Kier alpha value is -3.57. The Balaban J connectivity index is 1.31. The van der Waals surface area contributed by atoms with Crippen LogP contribution >= 0.6 is 0 Å². The van der Waals surface area contributed by atoms with Gasteiger partial charge in [-0.05, 0) is 43.2 Å². The zero-order chi connectivity index (χ0) is 26.4. The van der Waals surface area contributed by atoms with E-state index in [0.717, 1.165) is 25.7 Å². The van der Waals surface area contributed by atoms with E-state index in [1.165, 1.54) is 16.4 Å². The van der Waals surface area contributed by atoms with Crippen LogP contribution < -0.4 is 10.9 Å². The number of hydrogen-bond donors (Lipinski definition) is 1. The van der Waals surface area contributed by atoms with Gasteiger partial charge < -0.3 is 14.6 Å². The summed E-state index contributed by atoms with van der Waals surface area (Å²) >= 11 is 0. The first kappa shape index (κ1) is 26.5. The van der Waals surface area contributed by atoms with Crippen molar-refractivity contribution in [1.82, 2.24) is 13.9 Å². The van der Waals surface area contributed by atoms with Gasteiger partial charge in [-0.15, -0.1) is 0 Å². The normalized spacial score (nSPS) is 14.7. The minimum Gasteiger partial charge on any atom is -0.456 e. The summed E-state index contributed by atoms with van der Waals surface area (Å²) in [7, 11) is -1.89. The van der Waals surface area contributed by atoms with Crippen molar-refractivity contribution in [2.24, 2.45) is 7.05 Å². The van der Waals surface area contributed by atoms with Crippen LogP contribution in [0.5, 0.6) is 0 Å². The maximum absolute atomic E-state index is 13.0. The van der Waals surface area contributed by atoms with Gasteiger partial charge in [0.2, 0.25) is 10.0 Å². The number of aromatic nitrogens is 2. The molecule has 1 aromatic heterocycles. The van der Waals surface area contributed by atoms with Gasteiger partial charge in [-0.1, -0.05) is 31.0 Å². The molecule has 11 heteroatoms. The molecule has 0 bridgehead atoms. The van der Waals surface area contributed by atoms with Crippen molar-refractivity contribution in [3.05, 3.63) is 64.7 Å². The number of carbonyl (C=O) groups is 2. The highest BCUT2D eigenvalue weighted by atomic mass is 32.2. The Kier molecular flexibility index (Phi) is 8.34. The number of sulfonamides is 1. The van der Waals surface area contributed by atoms with E-state index in [1.807, 2.05) is 6.07 Å². The van der Waals surface area contributed by atoms with Crippen LogP contribution in [0.25, 0.3) is 10.9 Å². The van der Waals surface area contributed by atoms with E-state index in [1.54, 1.807) is 41.9 Å². The van der Waals surface area contributed by atoms with Crippen molar-refractivity contribution in [3.8, 4) is 0 Å². The highest BCUT2D eigenvalue weighted by molar-refractivity contribution is 7.89. The number of hydrogen-bond acceptors (Lipinski definition) is 7. The lowest BCUT2D eigenvalue weighted by Gasteiger charge is -2.20. The van der Waals surface area contributed by atoms with Crippen LogP contribution in [0, 0.1) is 0 Å². The van der Waals surface area contributed by atoms with Crippen molar-refractivity contribution < 1.29 is 22.7 Å². The lowest BCUT2D eigenvalue weighted by Crippen LogP contribution is -2.32. The molecular formula is C26H30N4O6S. The quantitative estimate of drug-likeness (QED) is 0.447. The van der Waals surface area contributed by atoms with Gasteiger partial charge in [0.05, 0.1) is 22.2 Å². The minimum atomic E-state index is -3.66. The summed E-state index contributed by atoms with van der Waals surface area (Å²) in [5.74, 6) is -0.767. The first-order chi connectivity index (χ1) is 17.8. The van der Waals surface area contributed by atoms with Gasteiger partial charge in [0.15, 0.2) is 6.61 Å². The second-order valence-corrected chi connectivity index (χ2v) is 10.9. The van der Waals surface area contributed by atoms with Crippen LogP contribution in [0.1, 0.15) is 37.9 Å². The fraction of sp³-hybridized carbons (Fsp3) is 0.385. The van der Waals surface area contributed by atoms with Crippen LogP contribution in [0.4, 0.5) is 5.69 Å². The first-order valence-electron chi connectivity index (χ1n) is 12.3. The molecule has 1 fully saturated rings. The Bertz CT molecular complexity index is 1460. The van der Waals surface area contributed by atoms with Crippen LogP contribution in [0.15, 0.2) is 58.2 Å². The van der Waals surface area contributed by atoms with Crippen LogP contribution in [-0.4, -0.2) is 53.8 Å². The SMILES string of the molecule is Cn1c(CCC(=O)OCC(=O)Nc2cccc(S(=O)(=O)N3CCCCCC3)c2)nc(=O)c2ccccc21. The third-order valence-corrected chi connectivity index (χ3v) is 8.25. The number of aryl methyl sites for hydroxylation is 2. The maximum Gasteiger partial charge on any atom is 0.306 e. The Morgan fingerprint density at radius 2 is 1.76 bits per heavy atom. The molecule has 0 aliphatic carbocycles. The number of para-hydroxylation sites is 1. The number of esters is 1. The molecule has 37 heavy (non-hydrogen) atoms. The molecule has 3 aromatic rings. The average Bonchev–Trinajstić information content (AvgIpc) is 3.19. The Morgan fingerprint density at radius 3 is 2.51 bits per heavy atom. The smallest absolute Gasteiger partial charge is 0.306 e. The third-order valence-electron chi connectivity index (χ3n) is 6.35. The van der Waals surface area contributed by atoms with E-state index in [-0.39, 0.29) is 23.3 Å². The molecule has 0 spiro atoms. The monoisotopic (exact) mass is 526 g/mol. The molecule has 10 nitrogen and oxygen atoms in total. The predicted molar refractivity (Wildman–Crippen MR) is 139 cm³/mol. The van der Waals surface area contributed by atoms with E-state index in [2.05, 4.69) is 10.3 Å².